The zero-order valence-electron chi connectivity index (χ0n) is 18.4. The van der Waals surface area contributed by atoms with Crippen LogP contribution >= 0.6 is 0 Å². The van der Waals surface area contributed by atoms with Crippen molar-refractivity contribution < 1.29 is 14.4 Å². The summed E-state index contributed by atoms with van der Waals surface area (Å²) < 4.78 is 12.0. The minimum Gasteiger partial charge on any atom is -0.490 e. The lowest BCUT2D eigenvalue weighted by Crippen LogP contribution is -2.03. The summed E-state index contributed by atoms with van der Waals surface area (Å²) in [6, 6.07) is 21.7. The van der Waals surface area contributed by atoms with Crippen LogP contribution in [0, 0.1) is 21.4 Å². The van der Waals surface area contributed by atoms with E-state index in [9.17, 15) is 15.4 Å². The van der Waals surface area contributed by atoms with E-state index in [0.29, 0.717) is 42.3 Å². The van der Waals surface area contributed by atoms with E-state index in [0.717, 1.165) is 16.7 Å². The second-order valence-electron chi connectivity index (χ2n) is 7.18. The molecule has 6 heteroatoms. The SMILES string of the molecule is C=CCc1cc(C=C(C#N)c2cccc([N+](=O)[O-])c2)cc(OCC)c1OCc1ccccc1. The van der Waals surface area contributed by atoms with Gasteiger partial charge in [-0.3, -0.25) is 10.1 Å². The summed E-state index contributed by atoms with van der Waals surface area (Å²) in [5.41, 5.74) is 3.34. The molecule has 0 fully saturated rings. The second-order valence-corrected chi connectivity index (χ2v) is 7.18. The van der Waals surface area contributed by atoms with E-state index in [1.807, 2.05) is 49.4 Å². The first-order valence-electron chi connectivity index (χ1n) is 10.5. The average molecular weight is 440 g/mol. The summed E-state index contributed by atoms with van der Waals surface area (Å²) in [7, 11) is 0. The highest BCUT2D eigenvalue weighted by Gasteiger charge is 2.15. The van der Waals surface area contributed by atoms with Gasteiger partial charge in [-0.25, -0.2) is 0 Å². The van der Waals surface area contributed by atoms with Crippen molar-refractivity contribution in [1.82, 2.24) is 0 Å². The van der Waals surface area contributed by atoms with Crippen LogP contribution in [0.5, 0.6) is 11.5 Å². The molecule has 0 saturated heterocycles. The maximum absolute atomic E-state index is 11.1. The van der Waals surface area contributed by atoms with Gasteiger partial charge < -0.3 is 9.47 Å². The van der Waals surface area contributed by atoms with E-state index in [1.54, 1.807) is 24.3 Å². The number of rotatable bonds is 10. The Morgan fingerprint density at radius 1 is 1.12 bits per heavy atom. The summed E-state index contributed by atoms with van der Waals surface area (Å²) in [4.78, 5) is 10.6. The smallest absolute Gasteiger partial charge is 0.270 e. The van der Waals surface area contributed by atoms with Crippen molar-refractivity contribution in [2.45, 2.75) is 20.0 Å². The molecule has 0 aliphatic heterocycles. The van der Waals surface area contributed by atoms with Crippen LogP contribution in [-0.4, -0.2) is 11.5 Å². The van der Waals surface area contributed by atoms with Gasteiger partial charge in [0.1, 0.15) is 6.61 Å². The van der Waals surface area contributed by atoms with Crippen LogP contribution in [-0.2, 0) is 13.0 Å². The number of benzene rings is 3. The van der Waals surface area contributed by atoms with Crippen LogP contribution in [0.1, 0.15) is 29.2 Å². The summed E-state index contributed by atoms with van der Waals surface area (Å²) in [6.45, 7) is 6.56. The van der Waals surface area contributed by atoms with Crippen molar-refractivity contribution >= 4 is 17.3 Å². The molecule has 0 aromatic heterocycles. The van der Waals surface area contributed by atoms with Gasteiger partial charge in [-0.05, 0) is 48.2 Å². The molecule has 0 spiro atoms. The first-order chi connectivity index (χ1) is 16.0. The first kappa shape index (κ1) is 23.3. The lowest BCUT2D eigenvalue weighted by molar-refractivity contribution is -0.384. The second kappa shape index (κ2) is 11.3. The van der Waals surface area contributed by atoms with Crippen LogP contribution in [0.3, 0.4) is 0 Å². The number of nitriles is 1. The Balaban J connectivity index is 2.02. The highest BCUT2D eigenvalue weighted by Crippen LogP contribution is 2.36. The summed E-state index contributed by atoms with van der Waals surface area (Å²) in [5.74, 6) is 1.20. The number of ether oxygens (including phenoxy) is 2. The van der Waals surface area contributed by atoms with E-state index in [2.05, 4.69) is 12.6 Å². The average Bonchev–Trinajstić information content (AvgIpc) is 2.83. The fraction of sp³-hybridized carbons (Fsp3) is 0.148. The van der Waals surface area contributed by atoms with Crippen molar-refractivity contribution in [2.75, 3.05) is 6.61 Å². The maximum Gasteiger partial charge on any atom is 0.270 e. The van der Waals surface area contributed by atoms with Gasteiger partial charge in [-0.15, -0.1) is 6.58 Å². The number of hydrogen-bond acceptors (Lipinski definition) is 5. The van der Waals surface area contributed by atoms with Crippen LogP contribution in [0.4, 0.5) is 5.69 Å². The molecule has 0 unspecified atom stereocenters. The maximum atomic E-state index is 11.1. The lowest BCUT2D eigenvalue weighted by atomic mass is 10.0. The molecular weight excluding hydrogens is 416 g/mol. The summed E-state index contributed by atoms with van der Waals surface area (Å²) in [6.07, 6.45) is 4.01. The third-order valence-corrected chi connectivity index (χ3v) is 4.84. The van der Waals surface area contributed by atoms with E-state index in [-0.39, 0.29) is 5.69 Å². The molecule has 0 heterocycles. The molecule has 6 nitrogen and oxygen atoms in total. The van der Waals surface area contributed by atoms with Crippen molar-refractivity contribution in [3.05, 3.63) is 112 Å². The van der Waals surface area contributed by atoms with E-state index >= 15 is 0 Å². The number of nitrogens with zero attached hydrogens (tertiary/aromatic N) is 2. The molecule has 0 amide bonds. The van der Waals surface area contributed by atoms with Gasteiger partial charge in [-0.2, -0.15) is 5.26 Å². The van der Waals surface area contributed by atoms with Gasteiger partial charge in [0.25, 0.3) is 5.69 Å². The Hall–Kier alpha value is -4.37. The van der Waals surface area contributed by atoms with Gasteiger partial charge in [0.15, 0.2) is 11.5 Å². The van der Waals surface area contributed by atoms with Gasteiger partial charge in [0, 0.05) is 17.7 Å². The molecule has 0 aliphatic rings. The Labute approximate surface area is 193 Å². The highest BCUT2D eigenvalue weighted by molar-refractivity contribution is 5.90. The monoisotopic (exact) mass is 440 g/mol. The first-order valence-corrected chi connectivity index (χ1v) is 10.5. The third-order valence-electron chi connectivity index (χ3n) is 4.84. The van der Waals surface area contributed by atoms with E-state index < -0.39 is 4.92 Å². The molecule has 0 aliphatic carbocycles. The number of hydrogen-bond donors (Lipinski definition) is 0. The Morgan fingerprint density at radius 3 is 2.58 bits per heavy atom. The quantitative estimate of drug-likeness (QED) is 0.120. The predicted molar refractivity (Wildman–Crippen MR) is 129 cm³/mol. The van der Waals surface area contributed by atoms with Crippen molar-refractivity contribution in [2.24, 2.45) is 0 Å². The normalized spacial score (nSPS) is 10.8. The fourth-order valence-corrected chi connectivity index (χ4v) is 3.36. The molecular formula is C27H24N2O4. The van der Waals surface area contributed by atoms with Crippen LogP contribution in [0.25, 0.3) is 11.6 Å². The van der Waals surface area contributed by atoms with Crippen LogP contribution < -0.4 is 9.47 Å². The van der Waals surface area contributed by atoms with Gasteiger partial charge in [-0.1, -0.05) is 48.5 Å². The molecule has 166 valence electrons. The highest BCUT2D eigenvalue weighted by atomic mass is 16.6. The standard InChI is InChI=1S/C27H24N2O4/c1-3-9-23-14-21(15-24(18-28)22-12-8-13-25(17-22)29(30)31)16-26(32-4-2)27(23)33-19-20-10-6-5-7-11-20/h3,5-8,10-17H,1,4,9,19H2,2H3. The van der Waals surface area contributed by atoms with Crippen molar-refractivity contribution in [3.8, 4) is 17.6 Å². The Bertz CT molecular complexity index is 1210. The Morgan fingerprint density at radius 2 is 1.91 bits per heavy atom. The molecule has 0 saturated carbocycles. The van der Waals surface area contributed by atoms with Crippen molar-refractivity contribution in [1.29, 1.82) is 5.26 Å². The fourth-order valence-electron chi connectivity index (χ4n) is 3.36. The number of nitro groups is 1. The van der Waals surface area contributed by atoms with Crippen LogP contribution in [0.15, 0.2) is 79.4 Å². The van der Waals surface area contributed by atoms with Crippen LogP contribution in [0.2, 0.25) is 0 Å². The molecule has 0 N–H and O–H groups in total. The molecule has 0 radical (unpaired) electrons. The molecule has 0 bridgehead atoms. The van der Waals surface area contributed by atoms with Gasteiger partial charge in [0.05, 0.1) is 23.2 Å². The van der Waals surface area contributed by atoms with E-state index in [4.69, 9.17) is 9.47 Å². The summed E-state index contributed by atoms with van der Waals surface area (Å²) >= 11 is 0. The number of allylic oxidation sites excluding steroid dienone is 2. The van der Waals surface area contributed by atoms with Crippen molar-refractivity contribution in [3.63, 3.8) is 0 Å². The van der Waals surface area contributed by atoms with Gasteiger partial charge in [0.2, 0.25) is 0 Å². The molecule has 33 heavy (non-hydrogen) atoms. The topological polar surface area (TPSA) is 85.4 Å². The minimum absolute atomic E-state index is 0.0688. The molecule has 3 rings (SSSR count). The molecule has 3 aromatic rings. The van der Waals surface area contributed by atoms with Gasteiger partial charge >= 0.3 is 0 Å². The zero-order chi connectivity index (χ0) is 23.6. The third kappa shape index (κ3) is 6.08. The van der Waals surface area contributed by atoms with E-state index in [1.165, 1.54) is 12.1 Å². The lowest BCUT2D eigenvalue weighted by Gasteiger charge is -2.17. The predicted octanol–water partition coefficient (Wildman–Crippen LogP) is 6.37. The number of nitro benzene ring substituents is 1. The summed E-state index contributed by atoms with van der Waals surface area (Å²) in [5, 5.41) is 20.8. The minimum atomic E-state index is -0.479. The molecule has 3 aromatic carbocycles. The Kier molecular flexibility index (Phi) is 7.98. The molecule has 0 atom stereocenters. The zero-order valence-corrected chi connectivity index (χ0v) is 18.4. The number of non-ortho nitro benzene ring substituents is 1. The largest absolute Gasteiger partial charge is 0.490 e.